The minimum absolute atomic E-state index is 0.178. The van der Waals surface area contributed by atoms with Gasteiger partial charge in [-0.2, -0.15) is 0 Å². The number of halogens is 1. The summed E-state index contributed by atoms with van der Waals surface area (Å²) in [4.78, 5) is 3.80. The first kappa shape index (κ1) is 15.7. The first-order valence-corrected chi connectivity index (χ1v) is 9.10. The van der Waals surface area contributed by atoms with E-state index in [4.69, 9.17) is 4.74 Å². The zero-order chi connectivity index (χ0) is 16.4. The van der Waals surface area contributed by atoms with E-state index >= 15 is 0 Å². The normalized spacial score (nSPS) is 11.6. The molecular formula is C15H13FN2O3S2. The zero-order valence-electron chi connectivity index (χ0n) is 12.1. The number of anilines is 1. The van der Waals surface area contributed by atoms with Crippen molar-refractivity contribution in [2.75, 3.05) is 11.3 Å². The van der Waals surface area contributed by atoms with E-state index in [1.807, 2.05) is 6.92 Å². The summed E-state index contributed by atoms with van der Waals surface area (Å²) in [6.45, 7) is 2.42. The summed E-state index contributed by atoms with van der Waals surface area (Å²) >= 11 is 1.16. The summed E-state index contributed by atoms with van der Waals surface area (Å²) in [7, 11) is -4.02. The van der Waals surface area contributed by atoms with Crippen molar-refractivity contribution in [1.82, 2.24) is 4.98 Å². The summed E-state index contributed by atoms with van der Waals surface area (Å²) in [6.07, 6.45) is 0. The third kappa shape index (κ3) is 3.27. The molecule has 2 aromatic carbocycles. The molecule has 3 rings (SSSR count). The van der Waals surface area contributed by atoms with Crippen LogP contribution in [0.4, 0.5) is 9.52 Å². The number of sulfonamides is 1. The number of thiazole rings is 1. The minimum atomic E-state index is -4.02. The van der Waals surface area contributed by atoms with Crippen LogP contribution in [0.5, 0.6) is 5.75 Å². The van der Waals surface area contributed by atoms with Crippen LogP contribution in [-0.2, 0) is 10.0 Å². The Kier molecular flexibility index (Phi) is 4.18. The molecule has 1 heterocycles. The summed E-state index contributed by atoms with van der Waals surface area (Å²) in [5.74, 6) is -0.119. The van der Waals surface area contributed by atoms with Gasteiger partial charge in [-0.15, -0.1) is 0 Å². The van der Waals surface area contributed by atoms with Crippen LogP contribution in [0.3, 0.4) is 0 Å². The van der Waals surface area contributed by atoms with Crippen LogP contribution in [0.25, 0.3) is 10.2 Å². The molecule has 1 N–H and O–H groups in total. The van der Waals surface area contributed by atoms with Crippen LogP contribution in [0.15, 0.2) is 47.4 Å². The van der Waals surface area contributed by atoms with Gasteiger partial charge >= 0.3 is 0 Å². The van der Waals surface area contributed by atoms with Crippen molar-refractivity contribution in [2.24, 2.45) is 0 Å². The van der Waals surface area contributed by atoms with E-state index in [0.717, 1.165) is 22.1 Å². The fourth-order valence-corrected chi connectivity index (χ4v) is 4.25. The van der Waals surface area contributed by atoms with Crippen molar-refractivity contribution in [3.63, 3.8) is 0 Å². The Labute approximate surface area is 136 Å². The van der Waals surface area contributed by atoms with E-state index < -0.39 is 20.7 Å². The van der Waals surface area contributed by atoms with Crippen LogP contribution in [0.2, 0.25) is 0 Å². The fourth-order valence-electron chi connectivity index (χ4n) is 2.04. The molecule has 0 radical (unpaired) electrons. The van der Waals surface area contributed by atoms with E-state index in [1.165, 1.54) is 18.2 Å². The lowest BCUT2D eigenvalue weighted by atomic mass is 10.3. The van der Waals surface area contributed by atoms with E-state index in [9.17, 15) is 12.8 Å². The van der Waals surface area contributed by atoms with Gasteiger partial charge in [0.25, 0.3) is 10.0 Å². The SMILES string of the molecule is CCOc1ccc2nc(NS(=O)(=O)c3ccccc3F)sc2c1. The molecule has 0 amide bonds. The van der Waals surface area contributed by atoms with E-state index in [-0.39, 0.29) is 5.13 Å². The summed E-state index contributed by atoms with van der Waals surface area (Å²) in [5.41, 5.74) is 0.643. The predicted molar refractivity (Wildman–Crippen MR) is 88.0 cm³/mol. The highest BCUT2D eigenvalue weighted by atomic mass is 32.2. The molecule has 0 saturated heterocycles. The average molecular weight is 352 g/mol. The molecule has 1 aromatic heterocycles. The van der Waals surface area contributed by atoms with Gasteiger partial charge in [0.05, 0.1) is 16.8 Å². The Morgan fingerprint density at radius 3 is 2.78 bits per heavy atom. The van der Waals surface area contributed by atoms with Gasteiger partial charge in [0, 0.05) is 0 Å². The Balaban J connectivity index is 1.93. The molecule has 3 aromatic rings. The number of hydrogen-bond donors (Lipinski definition) is 1. The van der Waals surface area contributed by atoms with Crippen molar-refractivity contribution < 1.29 is 17.5 Å². The first-order valence-electron chi connectivity index (χ1n) is 6.80. The van der Waals surface area contributed by atoms with E-state index in [0.29, 0.717) is 17.9 Å². The van der Waals surface area contributed by atoms with Crippen LogP contribution in [0, 0.1) is 5.82 Å². The second kappa shape index (κ2) is 6.13. The van der Waals surface area contributed by atoms with E-state index in [2.05, 4.69) is 9.71 Å². The smallest absolute Gasteiger partial charge is 0.266 e. The molecule has 5 nitrogen and oxygen atoms in total. The third-order valence-corrected chi connectivity index (χ3v) is 5.45. The maximum absolute atomic E-state index is 13.7. The molecule has 0 aliphatic carbocycles. The monoisotopic (exact) mass is 352 g/mol. The lowest BCUT2D eigenvalue weighted by Crippen LogP contribution is -2.14. The van der Waals surface area contributed by atoms with Gasteiger partial charge in [-0.1, -0.05) is 23.5 Å². The minimum Gasteiger partial charge on any atom is -0.494 e. The van der Waals surface area contributed by atoms with Crippen LogP contribution < -0.4 is 9.46 Å². The van der Waals surface area contributed by atoms with Gasteiger partial charge < -0.3 is 4.74 Å². The molecule has 0 bridgehead atoms. The van der Waals surface area contributed by atoms with Crippen LogP contribution >= 0.6 is 11.3 Å². The largest absolute Gasteiger partial charge is 0.494 e. The quantitative estimate of drug-likeness (QED) is 0.761. The molecule has 8 heteroatoms. The lowest BCUT2D eigenvalue weighted by molar-refractivity contribution is 0.341. The fraction of sp³-hybridized carbons (Fsp3) is 0.133. The molecule has 0 aliphatic rings. The second-order valence-electron chi connectivity index (χ2n) is 4.62. The number of rotatable bonds is 5. The van der Waals surface area contributed by atoms with E-state index in [1.54, 1.807) is 18.2 Å². The van der Waals surface area contributed by atoms with Gasteiger partial charge in [-0.05, 0) is 37.3 Å². The highest BCUT2D eigenvalue weighted by Crippen LogP contribution is 2.30. The van der Waals surface area contributed by atoms with Crippen molar-refractivity contribution in [1.29, 1.82) is 0 Å². The summed E-state index contributed by atoms with van der Waals surface area (Å²) in [6, 6.07) is 10.5. The Hall–Kier alpha value is -2.19. The highest BCUT2D eigenvalue weighted by molar-refractivity contribution is 7.93. The van der Waals surface area contributed by atoms with Gasteiger partial charge in [-0.3, -0.25) is 4.72 Å². The number of nitrogens with one attached hydrogen (secondary N) is 1. The number of aromatic nitrogens is 1. The maximum atomic E-state index is 13.7. The molecule has 0 aliphatic heterocycles. The lowest BCUT2D eigenvalue weighted by Gasteiger charge is -2.05. The predicted octanol–water partition coefficient (Wildman–Crippen LogP) is 3.63. The molecular weight excluding hydrogens is 339 g/mol. The first-order chi connectivity index (χ1) is 11.0. The van der Waals surface area contributed by atoms with Gasteiger partial charge in [0.1, 0.15) is 16.5 Å². The number of benzene rings is 2. The van der Waals surface area contributed by atoms with Crippen molar-refractivity contribution in [2.45, 2.75) is 11.8 Å². The van der Waals surface area contributed by atoms with Gasteiger partial charge in [0.15, 0.2) is 5.13 Å². The summed E-state index contributed by atoms with van der Waals surface area (Å²) < 4.78 is 46.7. The van der Waals surface area contributed by atoms with Gasteiger partial charge in [-0.25, -0.2) is 17.8 Å². The molecule has 120 valence electrons. The average Bonchev–Trinajstić information content (AvgIpc) is 2.88. The zero-order valence-corrected chi connectivity index (χ0v) is 13.7. The number of nitrogens with zero attached hydrogens (tertiary/aromatic N) is 1. The number of fused-ring (bicyclic) bond motifs is 1. The number of ether oxygens (including phenoxy) is 1. The van der Waals surface area contributed by atoms with Gasteiger partial charge in [0.2, 0.25) is 0 Å². The Morgan fingerprint density at radius 2 is 2.04 bits per heavy atom. The van der Waals surface area contributed by atoms with Crippen molar-refractivity contribution >= 4 is 36.7 Å². The standard InChI is InChI=1S/C15H13FN2O3S2/c1-2-21-10-7-8-12-13(9-10)22-15(17-12)18-23(19,20)14-6-4-3-5-11(14)16/h3-9H,2H2,1H3,(H,17,18). The van der Waals surface area contributed by atoms with Crippen LogP contribution in [0.1, 0.15) is 6.92 Å². The number of hydrogen-bond acceptors (Lipinski definition) is 5. The molecule has 0 spiro atoms. The molecule has 23 heavy (non-hydrogen) atoms. The Morgan fingerprint density at radius 1 is 1.26 bits per heavy atom. The topological polar surface area (TPSA) is 68.3 Å². The molecule has 0 atom stereocenters. The van der Waals surface area contributed by atoms with Crippen molar-refractivity contribution in [3.05, 3.63) is 48.3 Å². The van der Waals surface area contributed by atoms with Crippen molar-refractivity contribution in [3.8, 4) is 5.75 Å². The molecule has 0 fully saturated rings. The maximum Gasteiger partial charge on any atom is 0.266 e. The van der Waals surface area contributed by atoms with Crippen LogP contribution in [-0.4, -0.2) is 20.0 Å². The third-order valence-electron chi connectivity index (χ3n) is 3.02. The molecule has 0 unspecified atom stereocenters. The summed E-state index contributed by atoms with van der Waals surface area (Å²) in [5, 5.41) is 0.178. The molecule has 0 saturated carbocycles. The second-order valence-corrected chi connectivity index (χ2v) is 7.30. The highest BCUT2D eigenvalue weighted by Gasteiger charge is 2.20. The Bertz CT molecular complexity index is 954.